The summed E-state index contributed by atoms with van der Waals surface area (Å²) in [6.07, 6.45) is -0.0655. The molecule has 0 radical (unpaired) electrons. The molecule has 1 amide bonds. The molecule has 0 aromatic heterocycles. The van der Waals surface area contributed by atoms with Gasteiger partial charge in [0.05, 0.1) is 19.8 Å². The van der Waals surface area contributed by atoms with Crippen molar-refractivity contribution in [3.05, 3.63) is 29.8 Å². The van der Waals surface area contributed by atoms with Gasteiger partial charge in [-0.15, -0.1) is 0 Å². The first-order chi connectivity index (χ1) is 14.4. The van der Waals surface area contributed by atoms with Gasteiger partial charge in [-0.3, -0.25) is 4.21 Å². The molecule has 1 N–H and O–H groups in total. The number of benzene rings is 1. The van der Waals surface area contributed by atoms with Gasteiger partial charge in [0, 0.05) is 30.4 Å². The Morgan fingerprint density at radius 3 is 2.42 bits per heavy atom. The summed E-state index contributed by atoms with van der Waals surface area (Å²) in [4.78, 5) is 13.1. The van der Waals surface area contributed by atoms with Crippen LogP contribution < -0.4 is 4.74 Å². The fraction of sp³-hybridized carbons (Fsp3) is 0.667. The predicted molar refractivity (Wildman–Crippen MR) is 122 cm³/mol. The van der Waals surface area contributed by atoms with E-state index < -0.39 is 37.8 Å². The summed E-state index contributed by atoms with van der Waals surface area (Å²) in [5.74, 6) is 0.740. The van der Waals surface area contributed by atoms with Crippen molar-refractivity contribution >= 4 is 25.7 Å². The molecule has 1 saturated heterocycles. The minimum atomic E-state index is -2.47. The average Bonchev–Trinajstić information content (AvgIpc) is 3.10. The number of ether oxygens (including phenoxy) is 1. The lowest BCUT2D eigenvalue weighted by Gasteiger charge is -2.40. The summed E-state index contributed by atoms with van der Waals surface area (Å²) >= 11 is -2.47. The third-order valence-corrected chi connectivity index (χ3v) is 11.9. The van der Waals surface area contributed by atoms with E-state index in [-0.39, 0.29) is 18.2 Å². The monoisotopic (exact) mass is 471 g/mol. The average molecular weight is 472 g/mol. The SMILES string of the molecule is COc1ccc(CCN([C@H]2CCN(C(=O)O)[C@H]2CO[Si](C)(C)C(C)(C)C)S(=O)[O-])cc1. The Bertz CT molecular complexity index is 768. The molecular formula is C21H35N2O6SSi-. The smallest absolute Gasteiger partial charge is 0.407 e. The summed E-state index contributed by atoms with van der Waals surface area (Å²) in [6, 6.07) is 6.51. The number of carbonyl (C=O) groups is 1. The van der Waals surface area contributed by atoms with Crippen molar-refractivity contribution in [1.82, 2.24) is 9.21 Å². The zero-order chi connectivity index (χ0) is 23.4. The van der Waals surface area contributed by atoms with Gasteiger partial charge in [0.25, 0.3) is 0 Å². The van der Waals surface area contributed by atoms with Crippen molar-refractivity contribution in [2.24, 2.45) is 0 Å². The van der Waals surface area contributed by atoms with Gasteiger partial charge in [-0.1, -0.05) is 32.9 Å². The Balaban J connectivity index is 2.16. The van der Waals surface area contributed by atoms with Crippen molar-refractivity contribution in [3.63, 3.8) is 0 Å². The quantitative estimate of drug-likeness (QED) is 0.437. The molecule has 10 heteroatoms. The zero-order valence-corrected chi connectivity index (χ0v) is 21.1. The van der Waals surface area contributed by atoms with E-state index in [1.165, 1.54) is 9.21 Å². The number of nitrogens with zero attached hydrogens (tertiary/aromatic N) is 2. The van der Waals surface area contributed by atoms with Gasteiger partial charge in [0.1, 0.15) is 5.75 Å². The van der Waals surface area contributed by atoms with E-state index in [1.54, 1.807) is 7.11 Å². The molecule has 0 saturated carbocycles. The molecule has 1 aromatic rings. The fourth-order valence-corrected chi connectivity index (χ4v) is 5.23. The second-order valence-electron chi connectivity index (χ2n) is 9.43. The van der Waals surface area contributed by atoms with Crippen LogP contribution in [0, 0.1) is 0 Å². The molecule has 1 aromatic carbocycles. The molecule has 1 aliphatic rings. The number of hydrogen-bond donors (Lipinski definition) is 1. The Labute approximate surface area is 189 Å². The molecular weight excluding hydrogens is 436 g/mol. The van der Waals surface area contributed by atoms with Crippen LogP contribution in [0.15, 0.2) is 24.3 Å². The first-order valence-corrected chi connectivity index (χ1v) is 14.4. The predicted octanol–water partition coefficient (Wildman–Crippen LogP) is 3.48. The molecule has 31 heavy (non-hydrogen) atoms. The van der Waals surface area contributed by atoms with Crippen molar-refractivity contribution in [3.8, 4) is 5.75 Å². The highest BCUT2D eigenvalue weighted by Crippen LogP contribution is 2.37. The highest BCUT2D eigenvalue weighted by atomic mass is 32.2. The summed E-state index contributed by atoms with van der Waals surface area (Å²) < 4.78 is 37.0. The van der Waals surface area contributed by atoms with Gasteiger partial charge in [-0.05, 0) is 48.7 Å². The topological polar surface area (TPSA) is 102 Å². The minimum absolute atomic E-state index is 0.0233. The van der Waals surface area contributed by atoms with Crippen molar-refractivity contribution in [2.45, 2.75) is 63.8 Å². The lowest BCUT2D eigenvalue weighted by atomic mass is 10.1. The zero-order valence-electron chi connectivity index (χ0n) is 19.3. The Morgan fingerprint density at radius 2 is 1.94 bits per heavy atom. The standard InChI is InChI=1S/C21H36N2O6SSi/c1-21(2,3)31(5,6)29-15-19-18(12-13-22(19)20(24)25)23(30(26)27)14-11-16-7-9-17(28-4)10-8-16/h7-10,18-19H,11-15H2,1-6H3,(H,24,25)(H,26,27)/p-1/t18-,19-/m0/s1. The largest absolute Gasteiger partial charge is 0.760 e. The summed E-state index contributed by atoms with van der Waals surface area (Å²) in [5.41, 5.74) is 0.985. The molecule has 0 bridgehead atoms. The van der Waals surface area contributed by atoms with Crippen LogP contribution in [0.1, 0.15) is 32.8 Å². The van der Waals surface area contributed by atoms with Crippen molar-refractivity contribution < 1.29 is 27.8 Å². The van der Waals surface area contributed by atoms with Gasteiger partial charge >= 0.3 is 6.09 Å². The van der Waals surface area contributed by atoms with E-state index >= 15 is 0 Å². The number of rotatable bonds is 9. The molecule has 1 fully saturated rings. The molecule has 1 heterocycles. The molecule has 1 unspecified atom stereocenters. The van der Waals surface area contributed by atoms with Crippen LogP contribution in [-0.4, -0.2) is 76.4 Å². The maximum atomic E-state index is 12.1. The molecule has 8 nitrogen and oxygen atoms in total. The van der Waals surface area contributed by atoms with Crippen LogP contribution in [0.3, 0.4) is 0 Å². The van der Waals surface area contributed by atoms with E-state index in [0.29, 0.717) is 19.4 Å². The van der Waals surface area contributed by atoms with Gasteiger partial charge in [0.15, 0.2) is 8.32 Å². The van der Waals surface area contributed by atoms with Gasteiger partial charge < -0.3 is 23.7 Å². The van der Waals surface area contributed by atoms with Crippen LogP contribution in [0.2, 0.25) is 18.1 Å². The summed E-state index contributed by atoms with van der Waals surface area (Å²) in [5, 5.41) is 9.64. The Kier molecular flexibility index (Phi) is 8.68. The second-order valence-corrected chi connectivity index (χ2v) is 15.1. The van der Waals surface area contributed by atoms with Gasteiger partial charge in [0.2, 0.25) is 0 Å². The molecule has 176 valence electrons. The fourth-order valence-electron chi connectivity index (χ4n) is 3.50. The maximum absolute atomic E-state index is 12.1. The van der Waals surface area contributed by atoms with Gasteiger partial charge in [-0.25, -0.2) is 9.10 Å². The van der Waals surface area contributed by atoms with E-state index in [9.17, 15) is 18.7 Å². The lowest BCUT2D eigenvalue weighted by Crippen LogP contribution is -2.52. The summed E-state index contributed by atoms with van der Waals surface area (Å²) in [7, 11) is -0.518. The first kappa shape index (κ1) is 25.8. The third-order valence-electron chi connectivity index (χ3n) is 6.52. The van der Waals surface area contributed by atoms with E-state index in [1.807, 2.05) is 24.3 Å². The Hall–Kier alpha value is -1.46. The number of methoxy groups -OCH3 is 1. The molecule has 1 aliphatic heterocycles. The number of carboxylic acid groups (broad SMARTS) is 1. The van der Waals surface area contributed by atoms with Crippen molar-refractivity contribution in [2.75, 3.05) is 26.8 Å². The van der Waals surface area contributed by atoms with E-state index in [0.717, 1.165) is 11.3 Å². The van der Waals surface area contributed by atoms with Crippen LogP contribution in [0.5, 0.6) is 5.75 Å². The summed E-state index contributed by atoms with van der Waals surface area (Å²) in [6.45, 7) is 11.3. The number of likely N-dealkylation sites (tertiary alicyclic amines) is 1. The number of hydrogen-bond acceptors (Lipinski definition) is 5. The van der Waals surface area contributed by atoms with Crippen molar-refractivity contribution in [1.29, 1.82) is 0 Å². The van der Waals surface area contributed by atoms with Crippen LogP contribution in [0.4, 0.5) is 4.79 Å². The number of amides is 1. The normalized spacial score (nSPS) is 20.8. The van der Waals surface area contributed by atoms with Crippen LogP contribution in [0.25, 0.3) is 0 Å². The van der Waals surface area contributed by atoms with Gasteiger partial charge in [-0.2, -0.15) is 0 Å². The second kappa shape index (κ2) is 10.4. The molecule has 0 aliphatic carbocycles. The van der Waals surface area contributed by atoms with Crippen LogP contribution in [-0.2, 0) is 22.1 Å². The van der Waals surface area contributed by atoms with Crippen LogP contribution >= 0.6 is 0 Å². The lowest BCUT2D eigenvalue weighted by molar-refractivity contribution is 0.104. The Morgan fingerprint density at radius 1 is 1.32 bits per heavy atom. The first-order valence-electron chi connectivity index (χ1n) is 10.5. The van der Waals surface area contributed by atoms with E-state index in [2.05, 4.69) is 33.9 Å². The molecule has 2 rings (SSSR count). The van der Waals surface area contributed by atoms with E-state index in [4.69, 9.17) is 9.16 Å². The maximum Gasteiger partial charge on any atom is 0.407 e. The highest BCUT2D eigenvalue weighted by molar-refractivity contribution is 7.76. The third kappa shape index (κ3) is 6.52. The minimum Gasteiger partial charge on any atom is -0.760 e. The molecule has 0 spiro atoms. The molecule has 3 atom stereocenters. The highest BCUT2D eigenvalue weighted by Gasteiger charge is 2.44.